The Bertz CT molecular complexity index is 497. The average molecular weight is 245 g/mol. The van der Waals surface area contributed by atoms with Crippen LogP contribution in [0.5, 0.6) is 17.2 Å². The van der Waals surface area contributed by atoms with Gasteiger partial charge in [0.15, 0.2) is 5.75 Å². The molecule has 0 aliphatic rings. The maximum absolute atomic E-state index is 9.18. The minimum absolute atomic E-state index is 0.0745. The van der Waals surface area contributed by atoms with Gasteiger partial charge in [-0.2, -0.15) is 0 Å². The molecule has 0 spiro atoms. The first-order valence-corrected chi connectivity index (χ1v) is 5.78. The predicted octanol–water partition coefficient (Wildman–Crippen LogP) is 2.76. The Kier molecular flexibility index (Phi) is 4.15. The van der Waals surface area contributed by atoms with Crippen LogP contribution >= 0.6 is 0 Å². The van der Waals surface area contributed by atoms with Gasteiger partial charge in [-0.05, 0) is 37.3 Å². The molecule has 0 aliphatic carbocycles. The number of pyridine rings is 1. The molecule has 4 nitrogen and oxygen atoms in total. The number of benzene rings is 1. The van der Waals surface area contributed by atoms with Gasteiger partial charge in [0.25, 0.3) is 0 Å². The van der Waals surface area contributed by atoms with Gasteiger partial charge in [-0.15, -0.1) is 0 Å². The Balaban J connectivity index is 2.13. The summed E-state index contributed by atoms with van der Waals surface area (Å²) in [6.45, 7) is 2.50. The SMILES string of the molecule is CCOc1ccc(Oc2cnccc2CO)cc1. The minimum atomic E-state index is -0.0745. The van der Waals surface area contributed by atoms with Gasteiger partial charge in [0.1, 0.15) is 11.5 Å². The summed E-state index contributed by atoms with van der Waals surface area (Å²) in [6.07, 6.45) is 3.21. The highest BCUT2D eigenvalue weighted by Gasteiger charge is 2.04. The summed E-state index contributed by atoms with van der Waals surface area (Å²) in [4.78, 5) is 3.98. The van der Waals surface area contributed by atoms with E-state index in [9.17, 15) is 5.11 Å². The lowest BCUT2D eigenvalue weighted by Crippen LogP contribution is -1.93. The Hall–Kier alpha value is -2.07. The third kappa shape index (κ3) is 2.99. The van der Waals surface area contributed by atoms with Gasteiger partial charge in [0.05, 0.1) is 19.4 Å². The third-order valence-electron chi connectivity index (χ3n) is 2.40. The number of hydrogen-bond acceptors (Lipinski definition) is 4. The van der Waals surface area contributed by atoms with Crippen LogP contribution in [0.1, 0.15) is 12.5 Å². The van der Waals surface area contributed by atoms with E-state index in [0.29, 0.717) is 23.7 Å². The van der Waals surface area contributed by atoms with Crippen LogP contribution in [-0.2, 0) is 6.61 Å². The normalized spacial score (nSPS) is 10.1. The van der Waals surface area contributed by atoms with Crippen molar-refractivity contribution in [2.45, 2.75) is 13.5 Å². The lowest BCUT2D eigenvalue weighted by molar-refractivity contribution is 0.276. The Morgan fingerprint density at radius 2 is 1.83 bits per heavy atom. The number of ether oxygens (including phenoxy) is 2. The van der Waals surface area contributed by atoms with Crippen molar-refractivity contribution >= 4 is 0 Å². The lowest BCUT2D eigenvalue weighted by atomic mass is 10.2. The first kappa shape index (κ1) is 12.4. The topological polar surface area (TPSA) is 51.6 Å². The van der Waals surface area contributed by atoms with Crippen molar-refractivity contribution in [2.24, 2.45) is 0 Å². The molecule has 94 valence electrons. The molecule has 1 aromatic carbocycles. The van der Waals surface area contributed by atoms with Crippen molar-refractivity contribution in [3.8, 4) is 17.2 Å². The van der Waals surface area contributed by atoms with Crippen LogP contribution < -0.4 is 9.47 Å². The number of aromatic nitrogens is 1. The highest BCUT2D eigenvalue weighted by atomic mass is 16.5. The fourth-order valence-electron chi connectivity index (χ4n) is 1.53. The molecule has 0 atom stereocenters. The summed E-state index contributed by atoms with van der Waals surface area (Å²) in [6, 6.07) is 9.05. The van der Waals surface area contributed by atoms with Gasteiger partial charge < -0.3 is 14.6 Å². The van der Waals surface area contributed by atoms with E-state index in [2.05, 4.69) is 4.98 Å². The molecule has 1 N–H and O–H groups in total. The fraction of sp³-hybridized carbons (Fsp3) is 0.214. The Morgan fingerprint density at radius 3 is 2.50 bits per heavy atom. The van der Waals surface area contributed by atoms with Crippen LogP contribution in [0.2, 0.25) is 0 Å². The van der Waals surface area contributed by atoms with E-state index in [1.807, 2.05) is 31.2 Å². The van der Waals surface area contributed by atoms with Crippen molar-refractivity contribution in [3.05, 3.63) is 48.3 Å². The van der Waals surface area contributed by atoms with Gasteiger partial charge in [-0.25, -0.2) is 0 Å². The molecule has 0 saturated carbocycles. The number of rotatable bonds is 5. The second-order valence-corrected chi connectivity index (χ2v) is 3.65. The van der Waals surface area contributed by atoms with Crippen molar-refractivity contribution in [1.82, 2.24) is 4.98 Å². The molecule has 0 aliphatic heterocycles. The van der Waals surface area contributed by atoms with Crippen LogP contribution in [0, 0.1) is 0 Å². The van der Waals surface area contributed by atoms with Crippen molar-refractivity contribution in [1.29, 1.82) is 0 Å². The van der Waals surface area contributed by atoms with Gasteiger partial charge in [-0.1, -0.05) is 0 Å². The second kappa shape index (κ2) is 6.02. The molecule has 2 aromatic rings. The second-order valence-electron chi connectivity index (χ2n) is 3.65. The highest BCUT2D eigenvalue weighted by molar-refractivity contribution is 5.37. The van der Waals surface area contributed by atoms with E-state index in [1.54, 1.807) is 18.5 Å². The minimum Gasteiger partial charge on any atom is -0.494 e. The zero-order valence-electron chi connectivity index (χ0n) is 10.2. The summed E-state index contributed by atoms with van der Waals surface area (Å²) in [7, 11) is 0. The smallest absolute Gasteiger partial charge is 0.151 e. The van der Waals surface area contributed by atoms with E-state index in [4.69, 9.17) is 9.47 Å². The summed E-state index contributed by atoms with van der Waals surface area (Å²) in [5, 5.41) is 9.18. The number of aliphatic hydroxyl groups is 1. The van der Waals surface area contributed by atoms with Crippen LogP contribution in [0.25, 0.3) is 0 Å². The monoisotopic (exact) mass is 245 g/mol. The Labute approximate surface area is 106 Å². The van der Waals surface area contributed by atoms with E-state index < -0.39 is 0 Å². The molecular formula is C14H15NO3. The standard InChI is InChI=1S/C14H15NO3/c1-2-17-12-3-5-13(6-4-12)18-14-9-15-8-7-11(14)10-16/h3-9,16H,2,10H2,1H3. The lowest BCUT2D eigenvalue weighted by Gasteiger charge is -2.09. The first-order valence-electron chi connectivity index (χ1n) is 5.78. The summed E-state index contributed by atoms with van der Waals surface area (Å²) >= 11 is 0. The molecule has 0 saturated heterocycles. The quantitative estimate of drug-likeness (QED) is 0.880. The summed E-state index contributed by atoms with van der Waals surface area (Å²) < 4.78 is 11.0. The molecule has 0 radical (unpaired) electrons. The largest absolute Gasteiger partial charge is 0.494 e. The zero-order valence-corrected chi connectivity index (χ0v) is 10.2. The van der Waals surface area contributed by atoms with Crippen molar-refractivity contribution in [2.75, 3.05) is 6.61 Å². The molecule has 1 heterocycles. The van der Waals surface area contributed by atoms with Crippen molar-refractivity contribution < 1.29 is 14.6 Å². The molecule has 4 heteroatoms. The summed E-state index contributed by atoms with van der Waals surface area (Å²) in [5.41, 5.74) is 0.707. The number of hydrogen-bond donors (Lipinski definition) is 1. The molecular weight excluding hydrogens is 230 g/mol. The van der Waals surface area contributed by atoms with Gasteiger partial charge in [-0.3, -0.25) is 4.98 Å². The fourth-order valence-corrected chi connectivity index (χ4v) is 1.53. The van der Waals surface area contributed by atoms with E-state index in [-0.39, 0.29) is 6.61 Å². The molecule has 0 fully saturated rings. The summed E-state index contributed by atoms with van der Waals surface area (Å²) in [5.74, 6) is 2.05. The van der Waals surface area contributed by atoms with Gasteiger partial charge in [0, 0.05) is 11.8 Å². The van der Waals surface area contributed by atoms with Crippen LogP contribution in [0.15, 0.2) is 42.7 Å². The molecule has 0 amide bonds. The van der Waals surface area contributed by atoms with E-state index in [0.717, 1.165) is 5.75 Å². The molecule has 0 bridgehead atoms. The van der Waals surface area contributed by atoms with Crippen LogP contribution in [0.3, 0.4) is 0 Å². The first-order chi connectivity index (χ1) is 8.83. The average Bonchev–Trinajstić information content (AvgIpc) is 2.42. The highest BCUT2D eigenvalue weighted by Crippen LogP contribution is 2.26. The number of nitrogens with zero attached hydrogens (tertiary/aromatic N) is 1. The van der Waals surface area contributed by atoms with Gasteiger partial charge in [0.2, 0.25) is 0 Å². The maximum atomic E-state index is 9.18. The number of aliphatic hydroxyl groups excluding tert-OH is 1. The molecule has 18 heavy (non-hydrogen) atoms. The van der Waals surface area contributed by atoms with Gasteiger partial charge >= 0.3 is 0 Å². The zero-order chi connectivity index (χ0) is 12.8. The predicted molar refractivity (Wildman–Crippen MR) is 67.8 cm³/mol. The van der Waals surface area contributed by atoms with E-state index >= 15 is 0 Å². The van der Waals surface area contributed by atoms with Crippen LogP contribution in [0.4, 0.5) is 0 Å². The molecule has 0 unspecified atom stereocenters. The molecule has 2 rings (SSSR count). The molecule has 1 aromatic heterocycles. The third-order valence-corrected chi connectivity index (χ3v) is 2.40. The maximum Gasteiger partial charge on any atom is 0.151 e. The van der Waals surface area contributed by atoms with E-state index in [1.165, 1.54) is 0 Å². The van der Waals surface area contributed by atoms with Crippen molar-refractivity contribution in [3.63, 3.8) is 0 Å². The Morgan fingerprint density at radius 1 is 1.11 bits per heavy atom. The van der Waals surface area contributed by atoms with Crippen LogP contribution in [-0.4, -0.2) is 16.7 Å².